The Balaban J connectivity index is 2.13. The van der Waals surface area contributed by atoms with Gasteiger partial charge in [0, 0.05) is 0 Å². The Labute approximate surface area is 138 Å². The Morgan fingerprint density at radius 2 is 1.65 bits per heavy atom. The van der Waals surface area contributed by atoms with Gasteiger partial charge in [0.25, 0.3) is 0 Å². The standard InChI is InChI=1S/C20H25NO2/c1-3-19(14-17-10-6-4-7-11-17)23-20(16(2)21-15-22)18-12-8-5-9-13-18/h4-13,15-16,19-20H,3,14H2,1-2H3,(H,21,22)/t16-,19+,20-/m0/s1. The lowest BCUT2D eigenvalue weighted by molar-refractivity contribution is -0.112. The third-order valence-corrected chi connectivity index (χ3v) is 4.01. The van der Waals surface area contributed by atoms with Gasteiger partial charge in [-0.25, -0.2) is 0 Å². The lowest BCUT2D eigenvalue weighted by Crippen LogP contribution is -2.35. The van der Waals surface area contributed by atoms with Crippen molar-refractivity contribution in [1.82, 2.24) is 5.32 Å². The molecular formula is C20H25NO2. The molecule has 2 aromatic carbocycles. The van der Waals surface area contributed by atoms with Crippen LogP contribution in [0.3, 0.4) is 0 Å². The number of hydrogen-bond acceptors (Lipinski definition) is 2. The summed E-state index contributed by atoms with van der Waals surface area (Å²) in [7, 11) is 0. The van der Waals surface area contributed by atoms with Crippen molar-refractivity contribution in [3.8, 4) is 0 Å². The van der Waals surface area contributed by atoms with Gasteiger partial charge in [-0.2, -0.15) is 0 Å². The molecule has 3 atom stereocenters. The van der Waals surface area contributed by atoms with E-state index in [2.05, 4.69) is 24.4 Å². The van der Waals surface area contributed by atoms with Crippen LogP contribution in [-0.4, -0.2) is 18.6 Å². The number of benzene rings is 2. The topological polar surface area (TPSA) is 38.3 Å². The molecule has 122 valence electrons. The van der Waals surface area contributed by atoms with Crippen LogP contribution in [0.1, 0.15) is 37.5 Å². The van der Waals surface area contributed by atoms with Gasteiger partial charge in [0.05, 0.1) is 12.1 Å². The summed E-state index contributed by atoms with van der Waals surface area (Å²) in [5.41, 5.74) is 2.35. The van der Waals surface area contributed by atoms with E-state index in [1.54, 1.807) is 0 Å². The Hall–Kier alpha value is -2.13. The van der Waals surface area contributed by atoms with Crippen molar-refractivity contribution in [2.45, 2.75) is 44.9 Å². The fourth-order valence-corrected chi connectivity index (χ4v) is 2.70. The van der Waals surface area contributed by atoms with Crippen LogP contribution >= 0.6 is 0 Å². The van der Waals surface area contributed by atoms with E-state index in [0.29, 0.717) is 0 Å². The normalized spacial score (nSPS) is 14.7. The maximum absolute atomic E-state index is 10.8. The van der Waals surface area contributed by atoms with E-state index in [0.717, 1.165) is 24.8 Å². The Morgan fingerprint density at radius 3 is 2.22 bits per heavy atom. The van der Waals surface area contributed by atoms with Gasteiger partial charge in [-0.1, -0.05) is 67.6 Å². The quantitative estimate of drug-likeness (QED) is 0.713. The first-order valence-corrected chi connectivity index (χ1v) is 8.18. The first-order valence-electron chi connectivity index (χ1n) is 8.18. The van der Waals surface area contributed by atoms with E-state index >= 15 is 0 Å². The summed E-state index contributed by atoms with van der Waals surface area (Å²) in [5, 5.41) is 2.83. The number of amides is 1. The number of rotatable bonds is 9. The molecule has 0 spiro atoms. The van der Waals surface area contributed by atoms with Gasteiger partial charge in [0.15, 0.2) is 0 Å². The number of hydrogen-bond donors (Lipinski definition) is 1. The molecule has 2 aromatic rings. The highest BCUT2D eigenvalue weighted by atomic mass is 16.5. The Kier molecular flexibility index (Phi) is 6.82. The number of nitrogens with one attached hydrogen (secondary N) is 1. The Morgan fingerprint density at radius 1 is 1.04 bits per heavy atom. The predicted octanol–water partition coefficient (Wildman–Crippen LogP) is 3.90. The van der Waals surface area contributed by atoms with Crippen molar-refractivity contribution in [2.75, 3.05) is 0 Å². The third kappa shape index (κ3) is 5.22. The van der Waals surface area contributed by atoms with Gasteiger partial charge in [-0.05, 0) is 30.9 Å². The van der Waals surface area contributed by atoms with Crippen molar-refractivity contribution in [2.24, 2.45) is 0 Å². The molecule has 0 fully saturated rings. The Bertz CT molecular complexity index is 571. The zero-order valence-corrected chi connectivity index (χ0v) is 13.8. The van der Waals surface area contributed by atoms with E-state index < -0.39 is 0 Å². The molecule has 23 heavy (non-hydrogen) atoms. The number of carbonyl (C=O) groups excluding carboxylic acids is 1. The van der Waals surface area contributed by atoms with Crippen LogP contribution in [0.2, 0.25) is 0 Å². The fourth-order valence-electron chi connectivity index (χ4n) is 2.70. The van der Waals surface area contributed by atoms with Gasteiger partial charge < -0.3 is 10.1 Å². The molecule has 0 heterocycles. The zero-order valence-electron chi connectivity index (χ0n) is 13.8. The maximum Gasteiger partial charge on any atom is 0.207 e. The van der Waals surface area contributed by atoms with Crippen LogP contribution in [0.5, 0.6) is 0 Å². The van der Waals surface area contributed by atoms with Crippen LogP contribution in [-0.2, 0) is 16.0 Å². The lowest BCUT2D eigenvalue weighted by atomic mass is 10.0. The summed E-state index contributed by atoms with van der Waals surface area (Å²) in [6, 6.07) is 20.3. The van der Waals surface area contributed by atoms with E-state index in [1.807, 2.05) is 55.5 Å². The molecule has 0 saturated carbocycles. The SMILES string of the molecule is CC[C@H](Cc1ccccc1)O[C@H](c1ccccc1)[C@H](C)NC=O. The molecule has 3 heteroatoms. The highest BCUT2D eigenvalue weighted by Gasteiger charge is 2.23. The largest absolute Gasteiger partial charge is 0.368 e. The average molecular weight is 311 g/mol. The molecule has 0 unspecified atom stereocenters. The van der Waals surface area contributed by atoms with E-state index in [1.165, 1.54) is 5.56 Å². The summed E-state index contributed by atoms with van der Waals surface area (Å²) in [6.45, 7) is 4.11. The number of carbonyl (C=O) groups is 1. The maximum atomic E-state index is 10.8. The molecule has 2 rings (SSSR count). The first kappa shape index (κ1) is 17.2. The zero-order chi connectivity index (χ0) is 16.5. The minimum Gasteiger partial charge on any atom is -0.368 e. The summed E-state index contributed by atoms with van der Waals surface area (Å²) in [6.07, 6.45) is 2.48. The van der Waals surface area contributed by atoms with Crippen LogP contribution < -0.4 is 5.32 Å². The van der Waals surface area contributed by atoms with Crippen LogP contribution in [0.15, 0.2) is 60.7 Å². The predicted molar refractivity (Wildman–Crippen MR) is 93.2 cm³/mol. The molecule has 0 aliphatic carbocycles. The molecule has 0 aromatic heterocycles. The molecule has 0 bridgehead atoms. The highest BCUT2D eigenvalue weighted by Crippen LogP contribution is 2.25. The molecule has 0 aliphatic rings. The molecule has 0 aliphatic heterocycles. The van der Waals surface area contributed by atoms with Gasteiger partial charge in [-0.15, -0.1) is 0 Å². The van der Waals surface area contributed by atoms with Gasteiger partial charge in [0.2, 0.25) is 6.41 Å². The van der Waals surface area contributed by atoms with E-state index in [4.69, 9.17) is 4.74 Å². The van der Waals surface area contributed by atoms with Gasteiger partial charge in [0.1, 0.15) is 6.10 Å². The summed E-state index contributed by atoms with van der Waals surface area (Å²) in [4.78, 5) is 10.8. The highest BCUT2D eigenvalue weighted by molar-refractivity contribution is 5.47. The molecule has 0 saturated heterocycles. The van der Waals surface area contributed by atoms with E-state index in [9.17, 15) is 4.79 Å². The molecular weight excluding hydrogens is 286 g/mol. The molecule has 1 N–H and O–H groups in total. The van der Waals surface area contributed by atoms with E-state index in [-0.39, 0.29) is 18.2 Å². The second-order valence-electron chi connectivity index (χ2n) is 5.76. The van der Waals surface area contributed by atoms with Crippen molar-refractivity contribution in [1.29, 1.82) is 0 Å². The van der Waals surface area contributed by atoms with Crippen molar-refractivity contribution in [3.63, 3.8) is 0 Å². The second kappa shape index (κ2) is 9.11. The fraction of sp³-hybridized carbons (Fsp3) is 0.350. The third-order valence-electron chi connectivity index (χ3n) is 4.01. The summed E-state index contributed by atoms with van der Waals surface area (Å²) >= 11 is 0. The second-order valence-corrected chi connectivity index (χ2v) is 5.76. The van der Waals surface area contributed by atoms with Crippen LogP contribution in [0.4, 0.5) is 0 Å². The molecule has 3 nitrogen and oxygen atoms in total. The summed E-state index contributed by atoms with van der Waals surface area (Å²) < 4.78 is 6.38. The summed E-state index contributed by atoms with van der Waals surface area (Å²) in [5.74, 6) is 0. The number of ether oxygens (including phenoxy) is 1. The van der Waals surface area contributed by atoms with Crippen LogP contribution in [0.25, 0.3) is 0 Å². The van der Waals surface area contributed by atoms with Crippen LogP contribution in [0, 0.1) is 0 Å². The lowest BCUT2D eigenvalue weighted by Gasteiger charge is -2.29. The molecule has 1 amide bonds. The first-order chi connectivity index (χ1) is 11.2. The average Bonchev–Trinajstić information content (AvgIpc) is 2.60. The minimum absolute atomic E-state index is 0.0836. The van der Waals surface area contributed by atoms with Gasteiger partial charge >= 0.3 is 0 Å². The smallest absolute Gasteiger partial charge is 0.207 e. The monoisotopic (exact) mass is 311 g/mol. The van der Waals surface area contributed by atoms with Crippen molar-refractivity contribution in [3.05, 3.63) is 71.8 Å². The van der Waals surface area contributed by atoms with Gasteiger partial charge in [-0.3, -0.25) is 4.79 Å². The molecule has 0 radical (unpaired) electrons. The van der Waals surface area contributed by atoms with Crippen molar-refractivity contribution >= 4 is 6.41 Å². The minimum atomic E-state index is -0.157. The van der Waals surface area contributed by atoms with Crippen molar-refractivity contribution < 1.29 is 9.53 Å².